The topological polar surface area (TPSA) is 111 Å². The summed E-state index contributed by atoms with van der Waals surface area (Å²) in [6.07, 6.45) is 0.572. The van der Waals surface area contributed by atoms with E-state index in [0.29, 0.717) is 17.8 Å². The fourth-order valence-corrected chi connectivity index (χ4v) is 5.03. The van der Waals surface area contributed by atoms with Gasteiger partial charge >= 0.3 is 6.03 Å². The van der Waals surface area contributed by atoms with Gasteiger partial charge in [-0.25, -0.2) is 4.79 Å². The number of fused-ring (bicyclic) bond motifs is 1. The van der Waals surface area contributed by atoms with Crippen LogP contribution in [0.25, 0.3) is 0 Å². The number of carbonyl (C=O) groups is 4. The average molecular weight is 456 g/mol. The van der Waals surface area contributed by atoms with Crippen molar-refractivity contribution in [2.75, 3.05) is 24.3 Å². The van der Waals surface area contributed by atoms with Crippen LogP contribution in [0.3, 0.4) is 0 Å². The van der Waals surface area contributed by atoms with Crippen LogP contribution in [0.5, 0.6) is 0 Å². The Morgan fingerprint density at radius 1 is 1.25 bits per heavy atom. The lowest BCUT2D eigenvalue weighted by molar-refractivity contribution is -0.136. The molecule has 10 heteroatoms. The van der Waals surface area contributed by atoms with E-state index in [-0.39, 0.29) is 30.8 Å². The first-order chi connectivity index (χ1) is 15.2. The van der Waals surface area contributed by atoms with Crippen molar-refractivity contribution >= 4 is 46.5 Å². The Morgan fingerprint density at radius 3 is 2.72 bits per heavy atom. The van der Waals surface area contributed by atoms with Crippen molar-refractivity contribution in [2.45, 2.75) is 38.9 Å². The first-order valence-corrected chi connectivity index (χ1v) is 11.1. The molecule has 2 aliphatic heterocycles. The second-order valence-electron chi connectivity index (χ2n) is 8.19. The van der Waals surface area contributed by atoms with Crippen LogP contribution in [-0.4, -0.2) is 48.8 Å². The highest BCUT2D eigenvalue weighted by atomic mass is 32.1. The number of carbonyl (C=O) groups excluding carboxylic acids is 4. The standard InChI is InChI=1S/C22H25N5O4S/c1-12-4-5-16(26(2)3)15(8-12)24-22(31)23-10-14-9-13-11-27(21(30)19(13)32-14)17-6-7-18(28)25-20(17)29/h4-5,8-9,17H,6-7,10-11H2,1-3H3,(H2,23,24,31)(H,25,28,29). The minimum atomic E-state index is -0.618. The van der Waals surface area contributed by atoms with Gasteiger partial charge in [-0.05, 0) is 42.7 Å². The van der Waals surface area contributed by atoms with Crippen LogP contribution in [0.4, 0.5) is 16.2 Å². The molecule has 1 saturated heterocycles. The molecule has 0 radical (unpaired) electrons. The smallest absolute Gasteiger partial charge is 0.319 e. The molecule has 168 valence electrons. The highest BCUT2D eigenvalue weighted by molar-refractivity contribution is 7.14. The summed E-state index contributed by atoms with van der Waals surface area (Å²) in [6, 6.07) is 6.80. The van der Waals surface area contributed by atoms with Crippen molar-refractivity contribution in [3.8, 4) is 0 Å². The number of anilines is 2. The van der Waals surface area contributed by atoms with Crippen LogP contribution in [0.1, 0.15) is 38.5 Å². The molecule has 0 saturated carbocycles. The van der Waals surface area contributed by atoms with Crippen LogP contribution in [0.15, 0.2) is 24.3 Å². The van der Waals surface area contributed by atoms with Gasteiger partial charge in [0.1, 0.15) is 6.04 Å². The van der Waals surface area contributed by atoms with Crippen molar-refractivity contribution in [1.82, 2.24) is 15.5 Å². The zero-order valence-corrected chi connectivity index (χ0v) is 19.0. The molecular weight excluding hydrogens is 430 g/mol. The molecule has 3 heterocycles. The third-order valence-electron chi connectivity index (χ3n) is 5.55. The van der Waals surface area contributed by atoms with Crippen LogP contribution in [0.2, 0.25) is 0 Å². The predicted octanol–water partition coefficient (Wildman–Crippen LogP) is 2.21. The van der Waals surface area contributed by atoms with Gasteiger partial charge in [-0.3, -0.25) is 19.7 Å². The minimum Gasteiger partial charge on any atom is -0.376 e. The van der Waals surface area contributed by atoms with E-state index < -0.39 is 11.9 Å². The first kappa shape index (κ1) is 21.8. The summed E-state index contributed by atoms with van der Waals surface area (Å²) in [5.74, 6) is -0.926. The van der Waals surface area contributed by atoms with Crippen molar-refractivity contribution in [3.05, 3.63) is 45.1 Å². The number of benzene rings is 1. The molecule has 0 bridgehead atoms. The van der Waals surface area contributed by atoms with Gasteiger partial charge < -0.3 is 20.4 Å². The predicted molar refractivity (Wildman–Crippen MR) is 122 cm³/mol. The number of nitrogens with one attached hydrogen (secondary N) is 3. The maximum atomic E-state index is 12.8. The molecule has 1 fully saturated rings. The zero-order valence-electron chi connectivity index (χ0n) is 18.2. The van der Waals surface area contributed by atoms with E-state index >= 15 is 0 Å². The lowest BCUT2D eigenvalue weighted by Crippen LogP contribution is -2.52. The first-order valence-electron chi connectivity index (χ1n) is 10.3. The number of hydrogen-bond donors (Lipinski definition) is 3. The van der Waals surface area contributed by atoms with Crippen LogP contribution in [-0.2, 0) is 22.7 Å². The van der Waals surface area contributed by atoms with E-state index in [4.69, 9.17) is 0 Å². The Balaban J connectivity index is 1.37. The Kier molecular flexibility index (Phi) is 5.88. The molecule has 5 amide bonds. The summed E-state index contributed by atoms with van der Waals surface area (Å²) < 4.78 is 0. The van der Waals surface area contributed by atoms with Gasteiger partial charge in [0, 0.05) is 31.9 Å². The van der Waals surface area contributed by atoms with Crippen LogP contribution < -0.4 is 20.9 Å². The number of nitrogens with zero attached hydrogens (tertiary/aromatic N) is 2. The number of urea groups is 1. The van der Waals surface area contributed by atoms with Crippen LogP contribution in [0, 0.1) is 6.92 Å². The van der Waals surface area contributed by atoms with Crippen LogP contribution >= 0.6 is 11.3 Å². The fraction of sp³-hybridized carbons (Fsp3) is 0.364. The quantitative estimate of drug-likeness (QED) is 0.599. The molecule has 2 aliphatic rings. The van der Waals surface area contributed by atoms with E-state index in [1.54, 1.807) is 0 Å². The van der Waals surface area contributed by atoms with Crippen molar-refractivity contribution in [2.24, 2.45) is 0 Å². The number of amides is 5. The van der Waals surface area contributed by atoms with Gasteiger partial charge in [-0.15, -0.1) is 11.3 Å². The molecular formula is C22H25N5O4S. The molecule has 1 atom stereocenters. The third-order valence-corrected chi connectivity index (χ3v) is 6.71. The summed E-state index contributed by atoms with van der Waals surface area (Å²) in [5, 5.41) is 8.02. The van der Waals surface area contributed by atoms with Gasteiger partial charge in [0.25, 0.3) is 5.91 Å². The molecule has 0 spiro atoms. The van der Waals surface area contributed by atoms with Gasteiger partial charge in [0.2, 0.25) is 11.8 Å². The Hall–Kier alpha value is -3.40. The number of hydrogen-bond acceptors (Lipinski definition) is 6. The molecule has 1 aromatic heterocycles. The molecule has 2 aromatic rings. The normalized spacial score (nSPS) is 17.8. The van der Waals surface area contributed by atoms with Gasteiger partial charge in [0.05, 0.1) is 22.8 Å². The van der Waals surface area contributed by atoms with E-state index in [2.05, 4.69) is 16.0 Å². The van der Waals surface area contributed by atoms with Crippen molar-refractivity contribution < 1.29 is 19.2 Å². The maximum Gasteiger partial charge on any atom is 0.319 e. The molecule has 4 rings (SSSR count). The van der Waals surface area contributed by atoms with Gasteiger partial charge in [0.15, 0.2) is 0 Å². The highest BCUT2D eigenvalue weighted by Gasteiger charge is 2.40. The molecule has 0 aliphatic carbocycles. The van der Waals surface area contributed by atoms with E-state index in [1.165, 1.54) is 16.2 Å². The van der Waals surface area contributed by atoms with Crippen molar-refractivity contribution in [1.29, 1.82) is 0 Å². The second kappa shape index (κ2) is 8.62. The summed E-state index contributed by atoms with van der Waals surface area (Å²) in [4.78, 5) is 53.6. The van der Waals surface area contributed by atoms with Gasteiger partial charge in [-0.2, -0.15) is 0 Å². The Labute approximate surface area is 189 Å². The summed E-state index contributed by atoms with van der Waals surface area (Å²) in [6.45, 7) is 2.59. The summed E-state index contributed by atoms with van der Waals surface area (Å²) in [5.41, 5.74) is 3.51. The minimum absolute atomic E-state index is 0.203. The number of thiophene rings is 1. The molecule has 1 aromatic carbocycles. The Morgan fingerprint density at radius 2 is 2.03 bits per heavy atom. The third kappa shape index (κ3) is 4.31. The molecule has 32 heavy (non-hydrogen) atoms. The summed E-state index contributed by atoms with van der Waals surface area (Å²) in [7, 11) is 3.83. The van der Waals surface area contributed by atoms with Gasteiger partial charge in [-0.1, -0.05) is 6.07 Å². The van der Waals surface area contributed by atoms with E-state index in [0.717, 1.165) is 27.4 Å². The van der Waals surface area contributed by atoms with Crippen molar-refractivity contribution in [3.63, 3.8) is 0 Å². The Bertz CT molecular complexity index is 1110. The zero-order chi connectivity index (χ0) is 23.0. The SMILES string of the molecule is Cc1ccc(N(C)C)c(NC(=O)NCc2cc3c(s2)C(=O)N(C2CCC(=O)NC2=O)C3)c1. The van der Waals surface area contributed by atoms with E-state index in [1.807, 2.05) is 50.2 Å². The average Bonchev–Trinajstić information content (AvgIpc) is 3.25. The van der Waals surface area contributed by atoms with E-state index in [9.17, 15) is 19.2 Å². The maximum absolute atomic E-state index is 12.8. The largest absolute Gasteiger partial charge is 0.376 e. The lowest BCUT2D eigenvalue weighted by Gasteiger charge is -2.29. The molecule has 9 nitrogen and oxygen atoms in total. The number of rotatable bonds is 5. The monoisotopic (exact) mass is 455 g/mol. The summed E-state index contributed by atoms with van der Waals surface area (Å²) >= 11 is 1.32. The molecule has 3 N–H and O–H groups in total. The highest BCUT2D eigenvalue weighted by Crippen LogP contribution is 2.33. The number of imide groups is 1. The molecule has 1 unspecified atom stereocenters. The second-order valence-corrected chi connectivity index (χ2v) is 9.33. The number of piperidine rings is 1. The number of aryl methyl sites for hydroxylation is 1. The lowest BCUT2D eigenvalue weighted by atomic mass is 10.0. The fourth-order valence-electron chi connectivity index (χ4n) is 3.96.